The quantitative estimate of drug-likeness (QED) is 0.724. The molecule has 2 rings (SSSR count). The highest BCUT2D eigenvalue weighted by atomic mass is 79.9. The Labute approximate surface area is 77.8 Å². The second-order valence-corrected chi connectivity index (χ2v) is 4.43. The van der Waals surface area contributed by atoms with Gasteiger partial charge in [0.1, 0.15) is 0 Å². The fraction of sp³-hybridized carbons (Fsp3) is 0.375. The first-order chi connectivity index (χ1) is 5.28. The highest BCUT2D eigenvalue weighted by Crippen LogP contribution is 2.50. The van der Waals surface area contributed by atoms with Gasteiger partial charge >= 0.3 is 0 Å². The summed E-state index contributed by atoms with van der Waals surface area (Å²) in [6, 6.07) is 2.37. The smallest absolute Gasteiger partial charge is 0.0842 e. The van der Waals surface area contributed by atoms with Gasteiger partial charge in [-0.05, 0) is 39.7 Å². The lowest BCUT2D eigenvalue weighted by Crippen LogP contribution is -2.00. The van der Waals surface area contributed by atoms with E-state index in [0.29, 0.717) is 0 Å². The minimum absolute atomic E-state index is 0.126. The molecule has 1 fully saturated rings. The largest absolute Gasteiger partial charge is 0.197 e. The zero-order valence-corrected chi connectivity index (χ0v) is 8.20. The molecule has 1 aliphatic carbocycles. The first kappa shape index (κ1) is 7.33. The fourth-order valence-corrected chi connectivity index (χ4v) is 2.96. The Hall–Kier alpha value is -0.330. The molecule has 56 valence electrons. The van der Waals surface area contributed by atoms with Crippen molar-refractivity contribution in [2.75, 3.05) is 0 Å². The van der Waals surface area contributed by atoms with Crippen molar-refractivity contribution in [3.63, 3.8) is 0 Å². The van der Waals surface area contributed by atoms with Gasteiger partial charge in [-0.25, -0.2) is 0 Å². The van der Waals surface area contributed by atoms with Gasteiger partial charge in [-0.15, -0.1) is 0 Å². The molecule has 1 aromatic rings. The maximum atomic E-state index is 8.89. The van der Waals surface area contributed by atoms with E-state index >= 15 is 0 Å². The van der Waals surface area contributed by atoms with Crippen LogP contribution in [0.1, 0.15) is 18.4 Å². The summed E-state index contributed by atoms with van der Waals surface area (Å²) >= 11 is 5.09. The Morgan fingerprint density at radius 3 is 2.64 bits per heavy atom. The first-order valence-corrected chi connectivity index (χ1v) is 5.15. The number of rotatable bonds is 1. The van der Waals surface area contributed by atoms with Gasteiger partial charge < -0.3 is 0 Å². The van der Waals surface area contributed by atoms with Crippen LogP contribution < -0.4 is 0 Å². The topological polar surface area (TPSA) is 23.8 Å². The normalized spacial score (nSPS) is 19.3. The van der Waals surface area contributed by atoms with Crippen LogP contribution in [0.4, 0.5) is 0 Å². The molecule has 0 saturated heterocycles. The molecule has 3 heteroatoms. The van der Waals surface area contributed by atoms with Crippen molar-refractivity contribution < 1.29 is 0 Å². The van der Waals surface area contributed by atoms with E-state index in [0.717, 1.165) is 17.3 Å². The van der Waals surface area contributed by atoms with E-state index in [2.05, 4.69) is 27.4 Å². The number of nitrogens with zero attached hydrogens (tertiary/aromatic N) is 1. The van der Waals surface area contributed by atoms with Crippen LogP contribution >= 0.6 is 27.3 Å². The van der Waals surface area contributed by atoms with Crippen molar-refractivity contribution in [3.8, 4) is 6.07 Å². The van der Waals surface area contributed by atoms with Crippen LogP contribution in [-0.2, 0) is 5.41 Å². The molecular formula is C8H6BrNS. The maximum Gasteiger partial charge on any atom is 0.0842 e. The summed E-state index contributed by atoms with van der Waals surface area (Å²) in [6.45, 7) is 0. The molecule has 1 nitrogen and oxygen atoms in total. The molecule has 1 aliphatic rings. The lowest BCUT2D eigenvalue weighted by atomic mass is 10.0. The molecule has 0 atom stereocenters. The molecule has 0 aromatic carbocycles. The van der Waals surface area contributed by atoms with E-state index in [4.69, 9.17) is 5.26 Å². The third-order valence-electron chi connectivity index (χ3n) is 2.09. The number of halogens is 1. The first-order valence-electron chi connectivity index (χ1n) is 3.42. The van der Waals surface area contributed by atoms with E-state index in [1.54, 1.807) is 11.3 Å². The van der Waals surface area contributed by atoms with Crippen LogP contribution in [0.25, 0.3) is 0 Å². The molecule has 1 saturated carbocycles. The van der Waals surface area contributed by atoms with Gasteiger partial charge in [0, 0.05) is 9.85 Å². The van der Waals surface area contributed by atoms with Gasteiger partial charge in [0.25, 0.3) is 0 Å². The minimum Gasteiger partial charge on any atom is -0.197 e. The van der Waals surface area contributed by atoms with E-state index in [1.807, 2.05) is 5.38 Å². The number of nitriles is 1. The number of thiophene rings is 1. The molecule has 0 amide bonds. The zero-order valence-electron chi connectivity index (χ0n) is 5.80. The van der Waals surface area contributed by atoms with Gasteiger partial charge in [-0.1, -0.05) is 0 Å². The summed E-state index contributed by atoms with van der Waals surface area (Å²) < 4.78 is 1.10. The summed E-state index contributed by atoms with van der Waals surface area (Å²) in [5, 5.41) is 13.0. The van der Waals surface area contributed by atoms with Crippen molar-refractivity contribution in [1.82, 2.24) is 0 Å². The summed E-state index contributed by atoms with van der Waals surface area (Å²) in [4.78, 5) is 0. The average molecular weight is 228 g/mol. The molecule has 1 aromatic heterocycles. The van der Waals surface area contributed by atoms with Gasteiger partial charge in [0.05, 0.1) is 11.5 Å². The Morgan fingerprint density at radius 2 is 2.27 bits per heavy atom. The van der Waals surface area contributed by atoms with Gasteiger partial charge in [-0.2, -0.15) is 16.6 Å². The van der Waals surface area contributed by atoms with Gasteiger partial charge in [0.2, 0.25) is 0 Å². The predicted molar refractivity (Wildman–Crippen MR) is 48.5 cm³/mol. The van der Waals surface area contributed by atoms with Crippen molar-refractivity contribution >= 4 is 27.3 Å². The highest BCUT2D eigenvalue weighted by Gasteiger charge is 2.46. The Kier molecular flexibility index (Phi) is 1.55. The second-order valence-electron chi connectivity index (χ2n) is 2.83. The van der Waals surface area contributed by atoms with Gasteiger partial charge in [0.15, 0.2) is 0 Å². The van der Waals surface area contributed by atoms with Crippen molar-refractivity contribution in [2.24, 2.45) is 0 Å². The van der Waals surface area contributed by atoms with Crippen LogP contribution in [0.2, 0.25) is 0 Å². The standard InChI is InChI=1S/C8H6BrNS/c9-7-4-11-3-6(7)8(5-10)1-2-8/h3-4H,1-2H2. The van der Waals surface area contributed by atoms with E-state index < -0.39 is 0 Å². The molecule has 0 spiro atoms. The molecule has 0 aliphatic heterocycles. The Bertz CT molecular complexity index is 319. The van der Waals surface area contributed by atoms with Crippen LogP contribution in [0.5, 0.6) is 0 Å². The molecule has 1 heterocycles. The highest BCUT2D eigenvalue weighted by molar-refractivity contribution is 9.10. The fourth-order valence-electron chi connectivity index (χ4n) is 1.19. The summed E-state index contributed by atoms with van der Waals surface area (Å²) in [7, 11) is 0. The van der Waals surface area contributed by atoms with E-state index in [-0.39, 0.29) is 5.41 Å². The van der Waals surface area contributed by atoms with Crippen LogP contribution in [0.3, 0.4) is 0 Å². The molecule has 0 unspecified atom stereocenters. The molecule has 0 N–H and O–H groups in total. The summed E-state index contributed by atoms with van der Waals surface area (Å²) in [6.07, 6.45) is 2.05. The number of hydrogen-bond donors (Lipinski definition) is 0. The zero-order chi connectivity index (χ0) is 7.90. The van der Waals surface area contributed by atoms with Crippen molar-refractivity contribution in [2.45, 2.75) is 18.3 Å². The van der Waals surface area contributed by atoms with Gasteiger partial charge in [-0.3, -0.25) is 0 Å². The monoisotopic (exact) mass is 227 g/mol. The lowest BCUT2D eigenvalue weighted by molar-refractivity contribution is 0.909. The van der Waals surface area contributed by atoms with Crippen molar-refractivity contribution in [3.05, 3.63) is 20.8 Å². The minimum atomic E-state index is -0.126. The molecule has 0 radical (unpaired) electrons. The van der Waals surface area contributed by atoms with Crippen LogP contribution in [0.15, 0.2) is 15.2 Å². The lowest BCUT2D eigenvalue weighted by Gasteiger charge is -2.01. The summed E-state index contributed by atoms with van der Waals surface area (Å²) in [5.74, 6) is 0. The summed E-state index contributed by atoms with van der Waals surface area (Å²) in [5.41, 5.74) is 1.06. The predicted octanol–water partition coefficient (Wildman–Crippen LogP) is 3.07. The van der Waals surface area contributed by atoms with Crippen LogP contribution in [0, 0.1) is 11.3 Å². The Balaban J connectivity index is 2.45. The van der Waals surface area contributed by atoms with Crippen LogP contribution in [-0.4, -0.2) is 0 Å². The average Bonchev–Trinajstić information content (AvgIpc) is 2.70. The third-order valence-corrected chi connectivity index (χ3v) is 3.80. The molecule has 11 heavy (non-hydrogen) atoms. The van der Waals surface area contributed by atoms with E-state index in [1.165, 1.54) is 5.56 Å². The SMILES string of the molecule is N#CC1(c2cscc2Br)CC1. The third kappa shape index (κ3) is 1.02. The van der Waals surface area contributed by atoms with E-state index in [9.17, 15) is 0 Å². The Morgan fingerprint density at radius 1 is 1.55 bits per heavy atom. The molecular weight excluding hydrogens is 222 g/mol. The number of hydrogen-bond acceptors (Lipinski definition) is 2. The maximum absolute atomic E-state index is 8.89. The molecule has 0 bridgehead atoms. The second kappa shape index (κ2) is 2.33. The van der Waals surface area contributed by atoms with Crippen molar-refractivity contribution in [1.29, 1.82) is 5.26 Å².